The molecule has 1 aromatic heterocycles. The zero-order chi connectivity index (χ0) is 9.03. The Kier molecular flexibility index (Phi) is 2.65. The maximum absolute atomic E-state index is 5.33. The Hall–Kier alpha value is -1.09. The van der Waals surface area contributed by atoms with E-state index >= 15 is 0 Å². The molecule has 1 N–H and O–H groups in total. The van der Waals surface area contributed by atoms with Crippen LogP contribution < -0.4 is 5.48 Å². The van der Waals surface area contributed by atoms with E-state index < -0.39 is 0 Å². The molecule has 1 aromatic rings. The third-order valence-corrected chi connectivity index (χ3v) is 1.14. The highest BCUT2D eigenvalue weighted by molar-refractivity contribution is 5.36. The van der Waals surface area contributed by atoms with Gasteiger partial charge < -0.3 is 0 Å². The molecule has 0 unspecified atom stereocenters. The van der Waals surface area contributed by atoms with E-state index in [0.29, 0.717) is 0 Å². The van der Waals surface area contributed by atoms with Crippen LogP contribution in [0.25, 0.3) is 0 Å². The molecule has 0 aliphatic carbocycles. The van der Waals surface area contributed by atoms with Gasteiger partial charge in [0.15, 0.2) is 0 Å². The molecular weight excluding hydrogens is 152 g/mol. The highest BCUT2D eigenvalue weighted by atomic mass is 16.7. The topological polar surface area (TPSA) is 34.1 Å². The van der Waals surface area contributed by atoms with Crippen molar-refractivity contribution in [2.75, 3.05) is 5.48 Å². The predicted molar refractivity (Wildman–Crippen MR) is 48.7 cm³/mol. The van der Waals surface area contributed by atoms with E-state index in [9.17, 15) is 0 Å². The van der Waals surface area contributed by atoms with Crippen LogP contribution >= 0.6 is 0 Å². The van der Waals surface area contributed by atoms with Gasteiger partial charge in [0.05, 0.1) is 17.5 Å². The molecule has 0 saturated heterocycles. The number of anilines is 1. The Labute approximate surface area is 72.7 Å². The van der Waals surface area contributed by atoms with Gasteiger partial charge >= 0.3 is 0 Å². The van der Waals surface area contributed by atoms with Gasteiger partial charge in [-0.3, -0.25) is 15.3 Å². The molecule has 0 saturated carbocycles. The average Bonchev–Trinajstić information content (AvgIpc) is 2.02. The third kappa shape index (κ3) is 3.34. The molecule has 12 heavy (non-hydrogen) atoms. The van der Waals surface area contributed by atoms with Gasteiger partial charge in [-0.05, 0) is 32.9 Å². The zero-order valence-electron chi connectivity index (χ0n) is 7.66. The van der Waals surface area contributed by atoms with E-state index in [1.54, 1.807) is 12.4 Å². The van der Waals surface area contributed by atoms with E-state index in [-0.39, 0.29) is 5.60 Å². The first-order chi connectivity index (χ1) is 5.58. The Balaban J connectivity index is 2.44. The predicted octanol–water partition coefficient (Wildman–Crippen LogP) is 2.22. The fourth-order valence-corrected chi connectivity index (χ4v) is 0.635. The quantitative estimate of drug-likeness (QED) is 0.684. The van der Waals surface area contributed by atoms with Gasteiger partial charge in [-0.15, -0.1) is 0 Å². The number of hydrogen-bond acceptors (Lipinski definition) is 3. The number of rotatable bonds is 2. The van der Waals surface area contributed by atoms with Crippen LogP contribution in [0.2, 0.25) is 0 Å². The first kappa shape index (κ1) is 9.00. The molecule has 0 fully saturated rings. The van der Waals surface area contributed by atoms with Crippen LogP contribution in [0.4, 0.5) is 5.69 Å². The smallest absolute Gasteiger partial charge is 0.0876 e. The lowest BCUT2D eigenvalue weighted by Crippen LogP contribution is -2.22. The summed E-state index contributed by atoms with van der Waals surface area (Å²) in [4.78, 5) is 9.27. The maximum atomic E-state index is 5.33. The van der Waals surface area contributed by atoms with Crippen molar-refractivity contribution in [1.82, 2.24) is 4.98 Å². The molecular formula is C9H14N2O. The molecule has 66 valence electrons. The van der Waals surface area contributed by atoms with Gasteiger partial charge in [0.25, 0.3) is 0 Å². The molecule has 1 heterocycles. The minimum atomic E-state index is -0.185. The summed E-state index contributed by atoms with van der Waals surface area (Å²) in [6.07, 6.45) is 3.44. The average molecular weight is 166 g/mol. The van der Waals surface area contributed by atoms with Crippen LogP contribution in [-0.4, -0.2) is 10.6 Å². The normalized spacial score (nSPS) is 11.2. The number of hydrogen-bond donors (Lipinski definition) is 1. The van der Waals surface area contributed by atoms with E-state index in [2.05, 4.69) is 10.5 Å². The lowest BCUT2D eigenvalue weighted by molar-refractivity contribution is 0.0374. The lowest BCUT2D eigenvalue weighted by Gasteiger charge is -2.19. The molecule has 0 aliphatic heterocycles. The van der Waals surface area contributed by atoms with Gasteiger partial charge in [0.1, 0.15) is 0 Å². The Morgan fingerprint density at radius 1 is 1.42 bits per heavy atom. The molecule has 3 nitrogen and oxygen atoms in total. The summed E-state index contributed by atoms with van der Waals surface area (Å²) < 4.78 is 0. The van der Waals surface area contributed by atoms with Crippen LogP contribution in [0.1, 0.15) is 20.8 Å². The van der Waals surface area contributed by atoms with Crippen LogP contribution in [0.15, 0.2) is 24.5 Å². The fourth-order valence-electron chi connectivity index (χ4n) is 0.635. The minimum absolute atomic E-state index is 0.185. The molecule has 0 amide bonds. The first-order valence-electron chi connectivity index (χ1n) is 3.92. The molecule has 1 rings (SSSR count). The highest BCUT2D eigenvalue weighted by Crippen LogP contribution is 2.10. The number of pyridine rings is 1. The molecule has 0 aromatic carbocycles. The van der Waals surface area contributed by atoms with Crippen molar-refractivity contribution >= 4 is 5.69 Å². The van der Waals surface area contributed by atoms with E-state index in [4.69, 9.17) is 4.84 Å². The van der Waals surface area contributed by atoms with Crippen molar-refractivity contribution < 1.29 is 4.84 Å². The summed E-state index contributed by atoms with van der Waals surface area (Å²) in [6, 6.07) is 3.76. The summed E-state index contributed by atoms with van der Waals surface area (Å²) >= 11 is 0. The van der Waals surface area contributed by atoms with Gasteiger partial charge in [0.2, 0.25) is 0 Å². The fraction of sp³-hybridized carbons (Fsp3) is 0.444. The van der Waals surface area contributed by atoms with Crippen LogP contribution in [0.5, 0.6) is 0 Å². The summed E-state index contributed by atoms with van der Waals surface area (Å²) in [6.45, 7) is 5.95. The Morgan fingerprint density at radius 2 is 2.17 bits per heavy atom. The van der Waals surface area contributed by atoms with E-state index in [1.807, 2.05) is 32.9 Å². The van der Waals surface area contributed by atoms with Crippen molar-refractivity contribution in [3.8, 4) is 0 Å². The van der Waals surface area contributed by atoms with Crippen molar-refractivity contribution in [3.63, 3.8) is 0 Å². The van der Waals surface area contributed by atoms with E-state index in [0.717, 1.165) is 5.69 Å². The summed E-state index contributed by atoms with van der Waals surface area (Å²) in [7, 11) is 0. The second kappa shape index (κ2) is 3.54. The van der Waals surface area contributed by atoms with Gasteiger partial charge in [-0.1, -0.05) is 0 Å². The molecule has 0 bridgehead atoms. The monoisotopic (exact) mass is 166 g/mol. The second-order valence-corrected chi connectivity index (χ2v) is 3.56. The molecule has 3 heteroatoms. The lowest BCUT2D eigenvalue weighted by atomic mass is 10.2. The largest absolute Gasteiger partial charge is 0.270 e. The van der Waals surface area contributed by atoms with E-state index in [1.165, 1.54) is 0 Å². The third-order valence-electron chi connectivity index (χ3n) is 1.14. The number of nitrogens with one attached hydrogen (secondary N) is 1. The summed E-state index contributed by atoms with van der Waals surface area (Å²) in [5.41, 5.74) is 3.51. The standard InChI is InChI=1S/C9H14N2O/c1-9(2,3)12-11-8-5-4-6-10-7-8/h4-7,11H,1-3H3. The second-order valence-electron chi connectivity index (χ2n) is 3.56. The molecule has 0 radical (unpaired) electrons. The summed E-state index contributed by atoms with van der Waals surface area (Å²) in [5, 5.41) is 0. The summed E-state index contributed by atoms with van der Waals surface area (Å²) in [5.74, 6) is 0. The molecule has 0 spiro atoms. The Bertz CT molecular complexity index is 228. The van der Waals surface area contributed by atoms with Crippen molar-refractivity contribution in [3.05, 3.63) is 24.5 Å². The molecule has 0 aliphatic rings. The SMILES string of the molecule is CC(C)(C)ONc1cccnc1. The van der Waals surface area contributed by atoms with Gasteiger partial charge in [-0.25, -0.2) is 0 Å². The zero-order valence-corrected chi connectivity index (χ0v) is 7.66. The first-order valence-corrected chi connectivity index (χ1v) is 3.92. The van der Waals surface area contributed by atoms with Crippen molar-refractivity contribution in [1.29, 1.82) is 0 Å². The van der Waals surface area contributed by atoms with Crippen molar-refractivity contribution in [2.45, 2.75) is 26.4 Å². The highest BCUT2D eigenvalue weighted by Gasteiger charge is 2.09. The van der Waals surface area contributed by atoms with Crippen LogP contribution in [0.3, 0.4) is 0 Å². The minimum Gasteiger partial charge on any atom is -0.270 e. The van der Waals surface area contributed by atoms with Crippen LogP contribution in [-0.2, 0) is 4.84 Å². The van der Waals surface area contributed by atoms with Gasteiger partial charge in [-0.2, -0.15) is 0 Å². The van der Waals surface area contributed by atoms with Gasteiger partial charge in [0, 0.05) is 6.20 Å². The maximum Gasteiger partial charge on any atom is 0.0876 e. The number of nitrogens with zero attached hydrogens (tertiary/aromatic N) is 1. The van der Waals surface area contributed by atoms with Crippen molar-refractivity contribution in [2.24, 2.45) is 0 Å². The Morgan fingerprint density at radius 3 is 2.67 bits per heavy atom. The molecule has 0 atom stereocenters. The van der Waals surface area contributed by atoms with Crippen LogP contribution in [0, 0.1) is 0 Å². The number of aromatic nitrogens is 1.